The molecule has 4 N–H and O–H groups in total. The quantitative estimate of drug-likeness (QED) is 0.453. The van der Waals surface area contributed by atoms with Crippen molar-refractivity contribution in [2.24, 2.45) is 10.8 Å². The molecule has 1 aromatic rings. The van der Waals surface area contributed by atoms with Gasteiger partial charge in [0.25, 0.3) is 0 Å². The van der Waals surface area contributed by atoms with E-state index in [0.717, 1.165) is 0 Å². The Bertz CT molecular complexity index is 532. The summed E-state index contributed by atoms with van der Waals surface area (Å²) in [6.45, 7) is 1.60. The van der Waals surface area contributed by atoms with Gasteiger partial charge in [0.2, 0.25) is 5.71 Å². The first kappa shape index (κ1) is 13.1. The van der Waals surface area contributed by atoms with Gasteiger partial charge in [-0.15, -0.1) is 0 Å². The molecule has 17 heavy (non-hydrogen) atoms. The molecule has 0 unspecified atom stereocenters. The molecule has 0 spiro atoms. The first-order valence-corrected chi connectivity index (χ1v) is 5.29. The van der Waals surface area contributed by atoms with Crippen LogP contribution in [0.25, 0.3) is 0 Å². The molecule has 88 valence electrons. The van der Waals surface area contributed by atoms with Crippen molar-refractivity contribution in [3.05, 3.63) is 28.0 Å². The average molecular weight is 298 g/mol. The number of halogens is 2. The van der Waals surface area contributed by atoms with E-state index in [1.165, 1.54) is 12.1 Å². The molecule has 0 fully saturated rings. The molecule has 0 aliphatic heterocycles. The summed E-state index contributed by atoms with van der Waals surface area (Å²) in [5.41, 5.74) is 8.34. The van der Waals surface area contributed by atoms with Crippen LogP contribution in [0.3, 0.4) is 0 Å². The standard InChI is InChI=1S/C10H9BrFN5/c1-5-6(12)2-3-7(9(5)11)16-17-8(4-13)10(14)15/h2-3,16H,1H3,(H3,14,15)/b17-8+. The molecule has 7 heteroatoms. The van der Waals surface area contributed by atoms with Crippen LogP contribution in [0.4, 0.5) is 10.1 Å². The van der Waals surface area contributed by atoms with Crippen LogP contribution in [0.2, 0.25) is 0 Å². The Morgan fingerprint density at radius 3 is 2.82 bits per heavy atom. The fourth-order valence-corrected chi connectivity index (χ4v) is 1.42. The summed E-state index contributed by atoms with van der Waals surface area (Å²) in [4.78, 5) is 0. The zero-order valence-electron chi connectivity index (χ0n) is 8.88. The highest BCUT2D eigenvalue weighted by Gasteiger charge is 2.07. The Hall–Kier alpha value is -1.94. The fraction of sp³-hybridized carbons (Fsp3) is 0.100. The van der Waals surface area contributed by atoms with Gasteiger partial charge in [-0.3, -0.25) is 10.8 Å². The number of nitrogens with one attached hydrogen (secondary N) is 2. The van der Waals surface area contributed by atoms with Gasteiger partial charge in [0.1, 0.15) is 11.9 Å². The van der Waals surface area contributed by atoms with E-state index in [4.69, 9.17) is 16.4 Å². The van der Waals surface area contributed by atoms with Gasteiger partial charge in [-0.05, 0) is 35.0 Å². The smallest absolute Gasteiger partial charge is 0.201 e. The first-order valence-electron chi connectivity index (χ1n) is 4.50. The normalized spacial score (nSPS) is 10.8. The maximum Gasteiger partial charge on any atom is 0.201 e. The summed E-state index contributed by atoms with van der Waals surface area (Å²) in [5.74, 6) is -0.784. The zero-order chi connectivity index (χ0) is 13.0. The number of hydrogen-bond donors (Lipinski definition) is 3. The van der Waals surface area contributed by atoms with Crippen molar-refractivity contribution in [1.82, 2.24) is 0 Å². The monoisotopic (exact) mass is 297 g/mol. The molecule has 0 aliphatic carbocycles. The third-order valence-electron chi connectivity index (χ3n) is 1.97. The molecule has 1 rings (SSSR count). The highest BCUT2D eigenvalue weighted by Crippen LogP contribution is 2.27. The van der Waals surface area contributed by atoms with E-state index in [1.54, 1.807) is 13.0 Å². The minimum atomic E-state index is -0.435. The second-order valence-corrected chi connectivity index (χ2v) is 3.92. The molecule has 0 saturated heterocycles. The lowest BCUT2D eigenvalue weighted by molar-refractivity contribution is 0.617. The van der Waals surface area contributed by atoms with E-state index < -0.39 is 5.84 Å². The van der Waals surface area contributed by atoms with Gasteiger partial charge < -0.3 is 5.73 Å². The van der Waals surface area contributed by atoms with Gasteiger partial charge in [-0.25, -0.2) is 4.39 Å². The van der Waals surface area contributed by atoms with Crippen molar-refractivity contribution < 1.29 is 4.39 Å². The number of benzene rings is 1. The summed E-state index contributed by atoms with van der Waals surface area (Å²) in [6, 6.07) is 4.40. The van der Waals surface area contributed by atoms with Gasteiger partial charge in [0, 0.05) is 10.0 Å². The first-order chi connectivity index (χ1) is 7.97. The minimum absolute atomic E-state index is 0.237. The molecule has 5 nitrogen and oxygen atoms in total. The van der Waals surface area contributed by atoms with Crippen LogP contribution < -0.4 is 11.2 Å². The predicted octanol–water partition coefficient (Wildman–Crippen LogP) is 2.12. The Kier molecular flexibility index (Phi) is 4.17. The number of nitriles is 1. The summed E-state index contributed by atoms with van der Waals surface area (Å²) in [6.07, 6.45) is 0. The maximum atomic E-state index is 13.2. The summed E-state index contributed by atoms with van der Waals surface area (Å²) in [5, 5.41) is 19.3. The summed E-state index contributed by atoms with van der Waals surface area (Å²) >= 11 is 3.20. The molecule has 1 aromatic carbocycles. The summed E-state index contributed by atoms with van der Waals surface area (Å²) < 4.78 is 13.7. The predicted molar refractivity (Wildman–Crippen MR) is 67.4 cm³/mol. The van der Waals surface area contributed by atoms with Crippen LogP contribution in [0.1, 0.15) is 5.56 Å². The highest BCUT2D eigenvalue weighted by molar-refractivity contribution is 9.10. The van der Waals surface area contributed by atoms with Gasteiger partial charge in [0.15, 0.2) is 5.84 Å². The molecule has 0 amide bonds. The van der Waals surface area contributed by atoms with Crippen LogP contribution in [-0.4, -0.2) is 11.5 Å². The molecular formula is C10H9BrFN5. The van der Waals surface area contributed by atoms with E-state index in [9.17, 15) is 4.39 Å². The van der Waals surface area contributed by atoms with Gasteiger partial charge in [0.05, 0.1) is 5.69 Å². The minimum Gasteiger partial charge on any atom is -0.382 e. The van der Waals surface area contributed by atoms with Crippen LogP contribution >= 0.6 is 15.9 Å². The number of nitrogens with zero attached hydrogens (tertiary/aromatic N) is 2. The molecule has 0 saturated carbocycles. The van der Waals surface area contributed by atoms with Crippen molar-refractivity contribution in [3.63, 3.8) is 0 Å². The molecule has 0 radical (unpaired) electrons. The third-order valence-corrected chi connectivity index (χ3v) is 2.99. The Labute approximate surface area is 106 Å². The van der Waals surface area contributed by atoms with E-state index in [2.05, 4.69) is 26.5 Å². The zero-order valence-corrected chi connectivity index (χ0v) is 10.5. The maximum absolute atomic E-state index is 13.2. The Balaban J connectivity index is 3.02. The topological polar surface area (TPSA) is 98.0 Å². The largest absolute Gasteiger partial charge is 0.382 e. The second-order valence-electron chi connectivity index (χ2n) is 3.13. The van der Waals surface area contributed by atoms with Crippen molar-refractivity contribution >= 4 is 33.2 Å². The SMILES string of the molecule is Cc1c(F)ccc(N/N=C(\C#N)C(=N)N)c1Br. The number of nitrogens with two attached hydrogens (primary N) is 1. The average Bonchev–Trinajstić information content (AvgIpc) is 2.29. The van der Waals surface area contributed by atoms with E-state index in [1.807, 2.05) is 0 Å². The van der Waals surface area contributed by atoms with Crippen LogP contribution in [0.15, 0.2) is 21.7 Å². The molecule has 0 atom stereocenters. The molecule has 0 aliphatic rings. The van der Waals surface area contributed by atoms with Crippen LogP contribution in [0, 0.1) is 29.5 Å². The lowest BCUT2D eigenvalue weighted by Gasteiger charge is -2.07. The number of amidine groups is 1. The fourth-order valence-electron chi connectivity index (χ4n) is 1.01. The molecule has 0 bridgehead atoms. The molecular weight excluding hydrogens is 289 g/mol. The number of anilines is 1. The molecule has 0 aromatic heterocycles. The second kappa shape index (κ2) is 5.41. The molecule has 0 heterocycles. The summed E-state index contributed by atoms with van der Waals surface area (Å²) in [7, 11) is 0. The Morgan fingerprint density at radius 1 is 1.65 bits per heavy atom. The van der Waals surface area contributed by atoms with Gasteiger partial charge in [-0.1, -0.05) is 0 Å². The van der Waals surface area contributed by atoms with Crippen molar-refractivity contribution in [2.75, 3.05) is 5.43 Å². The highest BCUT2D eigenvalue weighted by atomic mass is 79.9. The lowest BCUT2D eigenvalue weighted by atomic mass is 10.2. The van der Waals surface area contributed by atoms with Crippen LogP contribution in [0.5, 0.6) is 0 Å². The van der Waals surface area contributed by atoms with Crippen molar-refractivity contribution in [1.29, 1.82) is 10.7 Å². The van der Waals surface area contributed by atoms with E-state index in [0.29, 0.717) is 15.7 Å². The third kappa shape index (κ3) is 3.01. The van der Waals surface area contributed by atoms with Gasteiger partial charge in [-0.2, -0.15) is 10.4 Å². The lowest BCUT2D eigenvalue weighted by Crippen LogP contribution is -2.21. The number of hydrogen-bond acceptors (Lipinski definition) is 4. The van der Waals surface area contributed by atoms with E-state index >= 15 is 0 Å². The van der Waals surface area contributed by atoms with Gasteiger partial charge >= 0.3 is 0 Å². The van der Waals surface area contributed by atoms with E-state index in [-0.39, 0.29) is 11.5 Å². The van der Waals surface area contributed by atoms with Crippen molar-refractivity contribution in [3.8, 4) is 6.07 Å². The van der Waals surface area contributed by atoms with Crippen LogP contribution in [-0.2, 0) is 0 Å². The Morgan fingerprint density at radius 2 is 2.29 bits per heavy atom. The number of rotatable bonds is 3. The van der Waals surface area contributed by atoms with Crippen molar-refractivity contribution in [2.45, 2.75) is 6.92 Å². The number of hydrazone groups is 1.